The fourth-order valence-corrected chi connectivity index (χ4v) is 2.44. The second-order valence-corrected chi connectivity index (χ2v) is 5.44. The number of benzene rings is 2. The van der Waals surface area contributed by atoms with Crippen LogP contribution in [0.4, 0.5) is 4.39 Å². The largest absolute Gasteiger partial charge is 0.287 e. The van der Waals surface area contributed by atoms with E-state index in [9.17, 15) is 9.18 Å². The average Bonchev–Trinajstić information content (AvgIpc) is 2.69. The number of hydrazine groups is 1. The Morgan fingerprint density at radius 1 is 1.10 bits per heavy atom. The van der Waals surface area contributed by atoms with E-state index in [1.807, 2.05) is 32.1 Å². The van der Waals surface area contributed by atoms with Gasteiger partial charge in [-0.3, -0.25) is 10.2 Å². The first-order valence-corrected chi connectivity index (χ1v) is 6.46. The highest BCUT2D eigenvalue weighted by Gasteiger charge is 2.34. The molecule has 1 aliphatic rings. The van der Waals surface area contributed by atoms with Crippen molar-refractivity contribution in [1.82, 2.24) is 10.9 Å². The second-order valence-electron chi connectivity index (χ2n) is 5.44. The van der Waals surface area contributed by atoms with E-state index >= 15 is 0 Å². The Balaban J connectivity index is 2.21. The Bertz CT molecular complexity index is 734. The van der Waals surface area contributed by atoms with Gasteiger partial charge in [0, 0.05) is 11.0 Å². The van der Waals surface area contributed by atoms with Gasteiger partial charge in [0.2, 0.25) is 0 Å². The predicted molar refractivity (Wildman–Crippen MR) is 77.2 cm³/mol. The van der Waals surface area contributed by atoms with Crippen LogP contribution in [-0.4, -0.2) is 11.4 Å². The number of carbonyl (C=O) groups excluding carboxylic acids is 1. The van der Waals surface area contributed by atoms with Crippen LogP contribution in [0.15, 0.2) is 42.0 Å². The molecule has 3 rings (SSSR count). The highest BCUT2D eigenvalue weighted by Crippen LogP contribution is 2.27. The molecule has 0 radical (unpaired) electrons. The first-order chi connectivity index (χ1) is 9.49. The van der Waals surface area contributed by atoms with Crippen molar-refractivity contribution in [2.45, 2.75) is 19.4 Å². The topological polar surface area (TPSA) is 41.1 Å². The predicted octanol–water partition coefficient (Wildman–Crippen LogP) is 2.78. The summed E-state index contributed by atoms with van der Waals surface area (Å²) in [7, 11) is 0. The van der Waals surface area contributed by atoms with Crippen molar-refractivity contribution < 1.29 is 9.18 Å². The fourth-order valence-electron chi connectivity index (χ4n) is 2.44. The third kappa shape index (κ3) is 1.98. The smallest absolute Gasteiger partial charge is 0.263 e. The van der Waals surface area contributed by atoms with Gasteiger partial charge in [-0.25, -0.2) is 9.82 Å². The number of hydrogen-bond donors (Lipinski definition) is 2. The summed E-state index contributed by atoms with van der Waals surface area (Å²) in [6, 6.07) is 10.4. The number of nitrogens with one attached hydrogen (secondary N) is 2. The molecule has 1 fully saturated rings. The Morgan fingerprint density at radius 3 is 2.45 bits per heavy atom. The van der Waals surface area contributed by atoms with Crippen molar-refractivity contribution in [3.63, 3.8) is 0 Å². The molecule has 2 aromatic carbocycles. The van der Waals surface area contributed by atoms with Crippen LogP contribution in [0.25, 0.3) is 16.8 Å². The van der Waals surface area contributed by atoms with Gasteiger partial charge in [0.15, 0.2) is 0 Å². The Kier molecular flexibility index (Phi) is 2.83. The molecule has 20 heavy (non-hydrogen) atoms. The van der Waals surface area contributed by atoms with E-state index in [1.165, 1.54) is 6.07 Å². The minimum Gasteiger partial charge on any atom is -0.287 e. The number of hydrogen-bond acceptors (Lipinski definition) is 2. The van der Waals surface area contributed by atoms with Gasteiger partial charge in [0.1, 0.15) is 5.82 Å². The van der Waals surface area contributed by atoms with Crippen LogP contribution >= 0.6 is 0 Å². The summed E-state index contributed by atoms with van der Waals surface area (Å²) in [4.78, 5) is 11.9. The number of halogens is 1. The SMILES string of the molecule is CC1(C)NNC(=O)/C1=C\c1ccc(F)c2ccccc12. The number of carbonyl (C=O) groups is 1. The molecule has 2 aromatic rings. The zero-order valence-electron chi connectivity index (χ0n) is 11.3. The molecule has 3 nitrogen and oxygen atoms in total. The molecule has 2 N–H and O–H groups in total. The number of fused-ring (bicyclic) bond motifs is 1. The lowest BCUT2D eigenvalue weighted by molar-refractivity contribution is -0.116. The molecule has 0 aromatic heterocycles. The van der Waals surface area contributed by atoms with E-state index in [2.05, 4.69) is 10.9 Å². The van der Waals surface area contributed by atoms with Crippen molar-refractivity contribution in [2.24, 2.45) is 0 Å². The van der Waals surface area contributed by atoms with Crippen LogP contribution in [-0.2, 0) is 4.79 Å². The van der Waals surface area contributed by atoms with Gasteiger partial charge in [-0.15, -0.1) is 0 Å². The maximum atomic E-state index is 13.8. The number of amides is 1. The van der Waals surface area contributed by atoms with Gasteiger partial charge in [-0.1, -0.05) is 30.3 Å². The van der Waals surface area contributed by atoms with E-state index < -0.39 is 5.54 Å². The summed E-state index contributed by atoms with van der Waals surface area (Å²) < 4.78 is 13.8. The Hall–Kier alpha value is -2.20. The molecule has 102 valence electrons. The monoisotopic (exact) mass is 270 g/mol. The summed E-state index contributed by atoms with van der Waals surface area (Å²) in [6.45, 7) is 3.84. The first kappa shape index (κ1) is 12.8. The average molecular weight is 270 g/mol. The van der Waals surface area contributed by atoms with Crippen molar-refractivity contribution in [3.05, 3.63) is 53.4 Å². The summed E-state index contributed by atoms with van der Waals surface area (Å²) in [6.07, 6.45) is 1.82. The highest BCUT2D eigenvalue weighted by atomic mass is 19.1. The van der Waals surface area contributed by atoms with Gasteiger partial charge in [0.25, 0.3) is 5.91 Å². The summed E-state index contributed by atoms with van der Waals surface area (Å²) in [5, 5.41) is 1.36. The molecule has 1 amide bonds. The molecule has 4 heteroatoms. The Morgan fingerprint density at radius 2 is 1.80 bits per heavy atom. The molecule has 1 heterocycles. The molecule has 0 atom stereocenters. The van der Waals surface area contributed by atoms with Crippen LogP contribution in [0.2, 0.25) is 0 Å². The third-order valence-corrected chi connectivity index (χ3v) is 3.61. The van der Waals surface area contributed by atoms with E-state index in [0.717, 1.165) is 10.9 Å². The molecule has 0 aliphatic carbocycles. The van der Waals surface area contributed by atoms with E-state index in [4.69, 9.17) is 0 Å². The molecule has 0 saturated carbocycles. The molecule has 0 unspecified atom stereocenters. The molecule has 1 saturated heterocycles. The fraction of sp³-hybridized carbons (Fsp3) is 0.188. The van der Waals surface area contributed by atoms with Crippen molar-refractivity contribution >= 4 is 22.8 Å². The molecular formula is C16H15FN2O. The minimum atomic E-state index is -0.452. The van der Waals surface area contributed by atoms with Crippen molar-refractivity contribution in [2.75, 3.05) is 0 Å². The first-order valence-electron chi connectivity index (χ1n) is 6.46. The highest BCUT2D eigenvalue weighted by molar-refractivity contribution is 6.04. The van der Waals surface area contributed by atoms with Crippen molar-refractivity contribution in [1.29, 1.82) is 0 Å². The zero-order chi connectivity index (χ0) is 14.3. The summed E-state index contributed by atoms with van der Waals surface area (Å²) >= 11 is 0. The summed E-state index contributed by atoms with van der Waals surface area (Å²) in [5.41, 5.74) is 6.56. The van der Waals surface area contributed by atoms with Gasteiger partial charge in [0.05, 0.1) is 5.54 Å². The van der Waals surface area contributed by atoms with E-state index in [1.54, 1.807) is 18.2 Å². The summed E-state index contributed by atoms with van der Waals surface area (Å²) in [5.74, 6) is -0.403. The maximum Gasteiger partial charge on any atom is 0.263 e. The van der Waals surface area contributed by atoms with Crippen LogP contribution in [0, 0.1) is 5.82 Å². The molecule has 0 bridgehead atoms. The van der Waals surface area contributed by atoms with Gasteiger partial charge in [-0.2, -0.15) is 0 Å². The van der Waals surface area contributed by atoms with E-state index in [-0.39, 0.29) is 11.7 Å². The van der Waals surface area contributed by atoms with Gasteiger partial charge < -0.3 is 0 Å². The lowest BCUT2D eigenvalue weighted by atomic mass is 9.92. The van der Waals surface area contributed by atoms with Crippen molar-refractivity contribution in [3.8, 4) is 0 Å². The quantitative estimate of drug-likeness (QED) is 0.782. The standard InChI is InChI=1S/C16H15FN2O/c1-16(2)13(15(20)18-19-16)9-10-7-8-14(17)12-6-4-3-5-11(10)12/h3-9,19H,1-2H3,(H,18,20)/b13-9+. The third-order valence-electron chi connectivity index (χ3n) is 3.61. The lowest BCUT2D eigenvalue weighted by Gasteiger charge is -2.17. The van der Waals surface area contributed by atoms with Gasteiger partial charge >= 0.3 is 0 Å². The molecule has 0 spiro atoms. The maximum absolute atomic E-state index is 13.8. The lowest BCUT2D eigenvalue weighted by Crippen LogP contribution is -2.38. The van der Waals surface area contributed by atoms with Crippen LogP contribution < -0.4 is 10.9 Å². The van der Waals surface area contributed by atoms with Crippen LogP contribution in [0.5, 0.6) is 0 Å². The zero-order valence-corrected chi connectivity index (χ0v) is 11.3. The second kappa shape index (κ2) is 4.42. The molecule has 1 aliphatic heterocycles. The number of rotatable bonds is 1. The van der Waals surface area contributed by atoms with Crippen LogP contribution in [0.3, 0.4) is 0 Å². The van der Waals surface area contributed by atoms with Crippen LogP contribution in [0.1, 0.15) is 19.4 Å². The Labute approximate surface area is 116 Å². The normalized spacial score (nSPS) is 19.6. The van der Waals surface area contributed by atoms with E-state index in [0.29, 0.717) is 11.0 Å². The molecular weight excluding hydrogens is 255 g/mol. The minimum absolute atomic E-state index is 0.150. The van der Waals surface area contributed by atoms with Gasteiger partial charge in [-0.05, 0) is 36.9 Å².